The van der Waals surface area contributed by atoms with Crippen LogP contribution in [0.5, 0.6) is 0 Å². The number of carbonyl (C=O) groups excluding carboxylic acids is 1. The van der Waals surface area contributed by atoms with Crippen LogP contribution < -0.4 is 5.32 Å². The van der Waals surface area contributed by atoms with Crippen molar-refractivity contribution in [1.82, 2.24) is 10.3 Å². The first kappa shape index (κ1) is 14.4. The lowest BCUT2D eigenvalue weighted by molar-refractivity contribution is -0.384. The van der Waals surface area contributed by atoms with Gasteiger partial charge in [0.1, 0.15) is 5.02 Å². The van der Waals surface area contributed by atoms with Gasteiger partial charge in [-0.2, -0.15) is 0 Å². The molecule has 0 radical (unpaired) electrons. The van der Waals surface area contributed by atoms with E-state index in [1.165, 1.54) is 29.5 Å². The molecule has 6 nitrogen and oxygen atoms in total. The highest BCUT2D eigenvalue weighted by Crippen LogP contribution is 2.25. The molecule has 104 valence electrons. The Morgan fingerprint density at radius 1 is 1.55 bits per heavy atom. The van der Waals surface area contributed by atoms with Crippen LogP contribution in [-0.2, 0) is 6.54 Å². The average molecular weight is 312 g/mol. The van der Waals surface area contributed by atoms with Gasteiger partial charge in [0.2, 0.25) is 0 Å². The lowest BCUT2D eigenvalue weighted by atomic mass is 10.2. The number of nitro groups is 1. The molecule has 0 spiro atoms. The summed E-state index contributed by atoms with van der Waals surface area (Å²) in [6.45, 7) is 2.23. The lowest BCUT2D eigenvalue weighted by Gasteiger charge is -2.05. The minimum Gasteiger partial charge on any atom is -0.347 e. The molecule has 8 heteroatoms. The van der Waals surface area contributed by atoms with Gasteiger partial charge in [0.25, 0.3) is 11.6 Å². The molecule has 1 aromatic heterocycles. The molecular weight excluding hydrogens is 302 g/mol. The molecule has 0 saturated carbocycles. The van der Waals surface area contributed by atoms with Crippen LogP contribution in [0.4, 0.5) is 5.69 Å². The van der Waals surface area contributed by atoms with Gasteiger partial charge in [0.15, 0.2) is 0 Å². The smallest absolute Gasteiger partial charge is 0.287 e. The molecule has 0 atom stereocenters. The number of nitro benzene ring substituents is 1. The third-order valence-corrected chi connectivity index (χ3v) is 3.90. The Hall–Kier alpha value is -1.99. The zero-order chi connectivity index (χ0) is 14.7. The van der Waals surface area contributed by atoms with E-state index in [-0.39, 0.29) is 22.2 Å². The second-order valence-corrected chi connectivity index (χ2v) is 5.31. The first-order valence-corrected chi connectivity index (χ1v) is 6.86. The number of amides is 1. The van der Waals surface area contributed by atoms with Gasteiger partial charge in [0.05, 0.1) is 22.7 Å². The highest BCUT2D eigenvalue weighted by atomic mass is 35.5. The fourth-order valence-electron chi connectivity index (χ4n) is 1.55. The molecule has 1 N–H and O–H groups in total. The van der Waals surface area contributed by atoms with E-state index in [0.717, 1.165) is 10.6 Å². The number of rotatable bonds is 4. The molecular formula is C12H10ClN3O3S. The fraction of sp³-hybridized carbons (Fsp3) is 0.167. The average Bonchev–Trinajstić information content (AvgIpc) is 2.81. The van der Waals surface area contributed by atoms with Crippen LogP contribution in [-0.4, -0.2) is 15.8 Å². The second-order valence-electron chi connectivity index (χ2n) is 3.97. The zero-order valence-electron chi connectivity index (χ0n) is 10.4. The van der Waals surface area contributed by atoms with Crippen molar-refractivity contribution in [3.63, 3.8) is 0 Å². The molecule has 1 aromatic carbocycles. The van der Waals surface area contributed by atoms with E-state index in [4.69, 9.17) is 11.6 Å². The summed E-state index contributed by atoms with van der Waals surface area (Å²) >= 11 is 7.22. The molecule has 0 aliphatic carbocycles. The topological polar surface area (TPSA) is 85.1 Å². The van der Waals surface area contributed by atoms with Crippen LogP contribution in [0.2, 0.25) is 5.02 Å². The Morgan fingerprint density at radius 3 is 2.85 bits per heavy atom. The van der Waals surface area contributed by atoms with Gasteiger partial charge in [-0.1, -0.05) is 11.6 Å². The highest BCUT2D eigenvalue weighted by Gasteiger charge is 2.15. The minimum atomic E-state index is -0.593. The number of hydrogen-bond acceptors (Lipinski definition) is 5. The Morgan fingerprint density at radius 2 is 2.30 bits per heavy atom. The quantitative estimate of drug-likeness (QED) is 0.695. The minimum absolute atomic E-state index is 0.0587. The van der Waals surface area contributed by atoms with Gasteiger partial charge in [0, 0.05) is 16.5 Å². The summed E-state index contributed by atoms with van der Waals surface area (Å²) in [4.78, 5) is 27.0. The standard InChI is InChI=1S/C12H10ClN3O3S/c1-7-11(20-6-15-7)5-14-12(17)8-2-3-10(16(18)19)9(13)4-8/h2-4,6H,5H2,1H3,(H,14,17). The predicted octanol–water partition coefficient (Wildman–Crippen LogP) is 2.94. The number of thiazole rings is 1. The molecule has 0 aliphatic heterocycles. The molecule has 0 saturated heterocycles. The monoisotopic (exact) mass is 311 g/mol. The molecule has 0 unspecified atom stereocenters. The molecule has 1 heterocycles. The molecule has 1 amide bonds. The fourth-order valence-corrected chi connectivity index (χ4v) is 2.52. The molecule has 2 rings (SSSR count). The van der Waals surface area contributed by atoms with Crippen molar-refractivity contribution < 1.29 is 9.72 Å². The largest absolute Gasteiger partial charge is 0.347 e. The summed E-state index contributed by atoms with van der Waals surface area (Å²) in [6, 6.07) is 3.88. The molecule has 0 fully saturated rings. The predicted molar refractivity (Wildman–Crippen MR) is 76.1 cm³/mol. The number of hydrogen-bond donors (Lipinski definition) is 1. The van der Waals surface area contributed by atoms with Crippen molar-refractivity contribution in [2.45, 2.75) is 13.5 Å². The van der Waals surface area contributed by atoms with Crippen LogP contribution in [0.15, 0.2) is 23.7 Å². The zero-order valence-corrected chi connectivity index (χ0v) is 12.0. The summed E-state index contributed by atoms with van der Waals surface area (Å²) in [5.41, 5.74) is 2.64. The van der Waals surface area contributed by atoms with Crippen molar-refractivity contribution in [1.29, 1.82) is 0 Å². The van der Waals surface area contributed by atoms with Crippen molar-refractivity contribution in [2.24, 2.45) is 0 Å². The maximum Gasteiger partial charge on any atom is 0.287 e. The van der Waals surface area contributed by atoms with Crippen LogP contribution >= 0.6 is 22.9 Å². The van der Waals surface area contributed by atoms with Crippen molar-refractivity contribution in [3.05, 3.63) is 55.0 Å². The van der Waals surface area contributed by atoms with Crippen LogP contribution in [0.1, 0.15) is 20.9 Å². The lowest BCUT2D eigenvalue weighted by Crippen LogP contribution is -2.22. The summed E-state index contributed by atoms with van der Waals surface area (Å²) in [5, 5.41) is 13.3. The van der Waals surface area contributed by atoms with E-state index >= 15 is 0 Å². The molecule has 0 bridgehead atoms. The first-order valence-electron chi connectivity index (χ1n) is 5.60. The van der Waals surface area contributed by atoms with Gasteiger partial charge in [-0.25, -0.2) is 4.98 Å². The number of benzene rings is 1. The van der Waals surface area contributed by atoms with Gasteiger partial charge >= 0.3 is 0 Å². The molecule has 20 heavy (non-hydrogen) atoms. The van der Waals surface area contributed by atoms with Crippen molar-refractivity contribution in [2.75, 3.05) is 0 Å². The van der Waals surface area contributed by atoms with Gasteiger partial charge in [-0.15, -0.1) is 11.3 Å². The highest BCUT2D eigenvalue weighted by molar-refractivity contribution is 7.09. The van der Waals surface area contributed by atoms with Crippen LogP contribution in [0.3, 0.4) is 0 Å². The third-order valence-electron chi connectivity index (χ3n) is 2.66. The first-order chi connectivity index (χ1) is 9.49. The van der Waals surface area contributed by atoms with Crippen molar-refractivity contribution in [3.8, 4) is 0 Å². The second kappa shape index (κ2) is 5.98. The number of halogens is 1. The SMILES string of the molecule is Cc1ncsc1CNC(=O)c1ccc([N+](=O)[O-])c(Cl)c1. The summed E-state index contributed by atoms with van der Waals surface area (Å²) in [6.07, 6.45) is 0. The number of nitrogens with zero attached hydrogens (tertiary/aromatic N) is 2. The maximum absolute atomic E-state index is 11.9. The number of aromatic nitrogens is 1. The van der Waals surface area contributed by atoms with E-state index in [0.29, 0.717) is 6.54 Å². The van der Waals surface area contributed by atoms with E-state index in [1.807, 2.05) is 6.92 Å². The van der Waals surface area contributed by atoms with Crippen LogP contribution in [0, 0.1) is 17.0 Å². The third kappa shape index (κ3) is 3.12. The van der Waals surface area contributed by atoms with Gasteiger partial charge < -0.3 is 5.32 Å². The normalized spacial score (nSPS) is 10.3. The Balaban J connectivity index is 2.08. The van der Waals surface area contributed by atoms with E-state index in [1.54, 1.807) is 5.51 Å². The number of aryl methyl sites for hydroxylation is 1. The molecule has 0 aliphatic rings. The summed E-state index contributed by atoms with van der Waals surface area (Å²) < 4.78 is 0. The Labute approximate surface area is 123 Å². The number of carbonyl (C=O) groups is 1. The summed E-state index contributed by atoms with van der Waals surface area (Å²) in [7, 11) is 0. The maximum atomic E-state index is 11.9. The molecule has 2 aromatic rings. The van der Waals surface area contributed by atoms with Crippen molar-refractivity contribution >= 4 is 34.5 Å². The van der Waals surface area contributed by atoms with Crippen LogP contribution in [0.25, 0.3) is 0 Å². The number of nitrogens with one attached hydrogen (secondary N) is 1. The van der Waals surface area contributed by atoms with Gasteiger partial charge in [-0.3, -0.25) is 14.9 Å². The van der Waals surface area contributed by atoms with E-state index < -0.39 is 4.92 Å². The summed E-state index contributed by atoms with van der Waals surface area (Å²) in [5.74, 6) is -0.338. The van der Waals surface area contributed by atoms with E-state index in [9.17, 15) is 14.9 Å². The van der Waals surface area contributed by atoms with Gasteiger partial charge in [-0.05, 0) is 19.1 Å². The Bertz CT molecular complexity index is 672. The Kier molecular flexibility index (Phi) is 4.31. The van der Waals surface area contributed by atoms with E-state index in [2.05, 4.69) is 10.3 Å².